The van der Waals surface area contributed by atoms with E-state index in [0.717, 1.165) is 37.6 Å². The molecule has 0 saturated heterocycles. The van der Waals surface area contributed by atoms with Crippen molar-refractivity contribution in [3.8, 4) is 0 Å². The molecular formula is C13H24N4. The van der Waals surface area contributed by atoms with Crippen molar-refractivity contribution in [2.24, 2.45) is 0 Å². The lowest BCUT2D eigenvalue weighted by Gasteiger charge is -2.23. The van der Waals surface area contributed by atoms with Crippen LogP contribution in [0.3, 0.4) is 0 Å². The van der Waals surface area contributed by atoms with E-state index in [-0.39, 0.29) is 0 Å². The Hall–Kier alpha value is -1.16. The van der Waals surface area contributed by atoms with E-state index in [1.165, 1.54) is 0 Å². The van der Waals surface area contributed by atoms with Crippen molar-refractivity contribution in [3.63, 3.8) is 0 Å². The Balaban J connectivity index is 2.81. The Morgan fingerprint density at radius 3 is 2.65 bits per heavy atom. The summed E-state index contributed by atoms with van der Waals surface area (Å²) >= 11 is 0. The van der Waals surface area contributed by atoms with Crippen LogP contribution in [0.2, 0.25) is 0 Å². The highest BCUT2D eigenvalue weighted by atomic mass is 15.2. The summed E-state index contributed by atoms with van der Waals surface area (Å²) in [6.45, 7) is 9.50. The van der Waals surface area contributed by atoms with E-state index in [0.29, 0.717) is 5.92 Å². The molecule has 0 saturated carbocycles. The summed E-state index contributed by atoms with van der Waals surface area (Å²) in [5.74, 6) is 1.49. The predicted octanol–water partition coefficient (Wildman–Crippen LogP) is 2.04. The van der Waals surface area contributed by atoms with Crippen molar-refractivity contribution in [1.82, 2.24) is 15.3 Å². The van der Waals surface area contributed by atoms with Crippen LogP contribution in [0.4, 0.5) is 5.82 Å². The van der Waals surface area contributed by atoms with Gasteiger partial charge in [-0.2, -0.15) is 0 Å². The first-order valence-electron chi connectivity index (χ1n) is 6.40. The second-order valence-corrected chi connectivity index (χ2v) is 4.55. The van der Waals surface area contributed by atoms with Crippen molar-refractivity contribution < 1.29 is 0 Å². The molecule has 17 heavy (non-hydrogen) atoms. The zero-order valence-corrected chi connectivity index (χ0v) is 11.4. The van der Waals surface area contributed by atoms with Crippen molar-refractivity contribution in [2.45, 2.75) is 33.1 Å². The lowest BCUT2D eigenvalue weighted by Crippen LogP contribution is -2.32. The van der Waals surface area contributed by atoms with Crippen LogP contribution < -0.4 is 10.2 Å². The van der Waals surface area contributed by atoms with Crippen LogP contribution in [0.1, 0.15) is 38.8 Å². The van der Waals surface area contributed by atoms with Gasteiger partial charge in [0.1, 0.15) is 12.1 Å². The van der Waals surface area contributed by atoms with Gasteiger partial charge in [-0.3, -0.25) is 0 Å². The van der Waals surface area contributed by atoms with Gasteiger partial charge < -0.3 is 10.2 Å². The zero-order chi connectivity index (χ0) is 12.7. The highest BCUT2D eigenvalue weighted by Crippen LogP contribution is 2.16. The number of nitrogens with one attached hydrogen (secondary N) is 1. The molecule has 0 atom stereocenters. The Bertz CT molecular complexity index is 325. The second-order valence-electron chi connectivity index (χ2n) is 4.55. The van der Waals surface area contributed by atoms with E-state index in [1.54, 1.807) is 6.33 Å². The number of nitrogens with zero attached hydrogens (tertiary/aromatic N) is 3. The smallest absolute Gasteiger partial charge is 0.132 e. The third-order valence-electron chi connectivity index (χ3n) is 2.71. The standard InChI is InChI=1S/C13H24N4/c1-5-7-17(8-6-14-4)13-9-12(11(2)3)15-10-16-13/h9-11,14H,5-8H2,1-4H3. The van der Waals surface area contributed by atoms with Gasteiger partial charge in [0.25, 0.3) is 0 Å². The number of hydrogen-bond donors (Lipinski definition) is 1. The lowest BCUT2D eigenvalue weighted by atomic mass is 10.1. The van der Waals surface area contributed by atoms with Crippen LogP contribution >= 0.6 is 0 Å². The van der Waals surface area contributed by atoms with Gasteiger partial charge in [0.15, 0.2) is 0 Å². The van der Waals surface area contributed by atoms with Gasteiger partial charge in [0, 0.05) is 31.4 Å². The van der Waals surface area contributed by atoms with E-state index in [4.69, 9.17) is 0 Å². The number of rotatable bonds is 7. The summed E-state index contributed by atoms with van der Waals surface area (Å²) in [4.78, 5) is 11.0. The highest BCUT2D eigenvalue weighted by molar-refractivity contribution is 5.39. The SMILES string of the molecule is CCCN(CCNC)c1cc(C(C)C)ncn1. The summed E-state index contributed by atoms with van der Waals surface area (Å²) in [7, 11) is 1.98. The molecule has 1 aromatic rings. The van der Waals surface area contributed by atoms with Crippen molar-refractivity contribution in [3.05, 3.63) is 18.1 Å². The van der Waals surface area contributed by atoms with Crippen molar-refractivity contribution in [2.75, 3.05) is 31.6 Å². The molecule has 4 nitrogen and oxygen atoms in total. The van der Waals surface area contributed by atoms with E-state index < -0.39 is 0 Å². The first kappa shape index (κ1) is 13.9. The van der Waals surface area contributed by atoms with Crippen molar-refractivity contribution >= 4 is 5.82 Å². The molecule has 0 unspecified atom stereocenters. The summed E-state index contributed by atoms with van der Waals surface area (Å²) in [5, 5.41) is 3.18. The minimum absolute atomic E-state index is 0.449. The van der Waals surface area contributed by atoms with Gasteiger partial charge in [0.05, 0.1) is 0 Å². The monoisotopic (exact) mass is 236 g/mol. The van der Waals surface area contributed by atoms with Crippen molar-refractivity contribution in [1.29, 1.82) is 0 Å². The number of aromatic nitrogens is 2. The molecule has 1 rings (SSSR count). The summed E-state index contributed by atoms with van der Waals surface area (Å²) in [6, 6.07) is 2.11. The second kappa shape index (κ2) is 7.22. The maximum absolute atomic E-state index is 4.38. The van der Waals surface area contributed by atoms with Gasteiger partial charge in [-0.15, -0.1) is 0 Å². The third-order valence-corrected chi connectivity index (χ3v) is 2.71. The van der Waals surface area contributed by atoms with Gasteiger partial charge in [-0.25, -0.2) is 9.97 Å². The molecule has 0 aliphatic rings. The summed E-state index contributed by atoms with van der Waals surface area (Å²) in [5.41, 5.74) is 1.11. The average molecular weight is 236 g/mol. The largest absolute Gasteiger partial charge is 0.355 e. The molecule has 0 radical (unpaired) electrons. The number of likely N-dealkylation sites (N-methyl/N-ethyl adjacent to an activating group) is 1. The highest BCUT2D eigenvalue weighted by Gasteiger charge is 2.09. The molecule has 96 valence electrons. The first-order valence-corrected chi connectivity index (χ1v) is 6.40. The fourth-order valence-electron chi connectivity index (χ4n) is 1.71. The normalized spacial score (nSPS) is 10.9. The van der Waals surface area contributed by atoms with Gasteiger partial charge in [-0.05, 0) is 19.4 Å². The molecular weight excluding hydrogens is 212 g/mol. The average Bonchev–Trinajstić information content (AvgIpc) is 2.34. The summed E-state index contributed by atoms with van der Waals surface area (Å²) < 4.78 is 0. The minimum atomic E-state index is 0.449. The van der Waals surface area contributed by atoms with E-state index in [1.807, 2.05) is 7.05 Å². The Labute approximate surface area is 104 Å². The lowest BCUT2D eigenvalue weighted by molar-refractivity contribution is 0.698. The maximum Gasteiger partial charge on any atom is 0.132 e. The summed E-state index contributed by atoms with van der Waals surface area (Å²) in [6.07, 6.45) is 2.80. The van der Waals surface area contributed by atoms with E-state index in [9.17, 15) is 0 Å². The van der Waals surface area contributed by atoms with Crippen LogP contribution in [0, 0.1) is 0 Å². The quantitative estimate of drug-likeness (QED) is 0.786. The van der Waals surface area contributed by atoms with Crippen LogP contribution in [0.5, 0.6) is 0 Å². The van der Waals surface area contributed by atoms with Crippen LogP contribution in [0.15, 0.2) is 12.4 Å². The molecule has 4 heteroatoms. The Morgan fingerprint density at radius 2 is 2.06 bits per heavy atom. The first-order chi connectivity index (χ1) is 8.19. The molecule has 0 bridgehead atoms. The number of hydrogen-bond acceptors (Lipinski definition) is 4. The molecule has 1 N–H and O–H groups in total. The topological polar surface area (TPSA) is 41.0 Å². The van der Waals surface area contributed by atoms with Crippen LogP contribution in [0.25, 0.3) is 0 Å². The van der Waals surface area contributed by atoms with E-state index in [2.05, 4.69) is 47.0 Å². The molecule has 0 aliphatic heterocycles. The molecule has 0 aromatic carbocycles. The minimum Gasteiger partial charge on any atom is -0.355 e. The molecule has 0 spiro atoms. The van der Waals surface area contributed by atoms with Gasteiger partial charge in [-0.1, -0.05) is 20.8 Å². The maximum atomic E-state index is 4.38. The Morgan fingerprint density at radius 1 is 1.29 bits per heavy atom. The molecule has 0 aliphatic carbocycles. The van der Waals surface area contributed by atoms with Crippen LogP contribution in [-0.2, 0) is 0 Å². The zero-order valence-electron chi connectivity index (χ0n) is 11.4. The van der Waals surface area contributed by atoms with E-state index >= 15 is 0 Å². The van der Waals surface area contributed by atoms with Gasteiger partial charge in [0.2, 0.25) is 0 Å². The predicted molar refractivity (Wildman–Crippen MR) is 72.6 cm³/mol. The van der Waals surface area contributed by atoms with Crippen LogP contribution in [-0.4, -0.2) is 36.6 Å². The third kappa shape index (κ3) is 4.30. The molecule has 1 aromatic heterocycles. The molecule has 0 fully saturated rings. The fraction of sp³-hybridized carbons (Fsp3) is 0.692. The molecule has 0 amide bonds. The molecule has 1 heterocycles. The Kier molecular flexibility index (Phi) is 5.91. The number of anilines is 1. The fourth-order valence-corrected chi connectivity index (χ4v) is 1.71. The van der Waals surface area contributed by atoms with Gasteiger partial charge >= 0.3 is 0 Å².